The average molecular weight is 231 g/mol. The van der Waals surface area contributed by atoms with Crippen LogP contribution in [0.5, 0.6) is 0 Å². The van der Waals surface area contributed by atoms with Crippen LogP contribution in [0.15, 0.2) is 18.3 Å². The zero-order chi connectivity index (χ0) is 12.3. The Balaban J connectivity index is 2.12. The van der Waals surface area contributed by atoms with Crippen molar-refractivity contribution in [1.29, 1.82) is 0 Å². The highest BCUT2D eigenvalue weighted by Gasteiger charge is 2.28. The van der Waals surface area contributed by atoms with Gasteiger partial charge in [-0.05, 0) is 37.3 Å². The highest BCUT2D eigenvalue weighted by Crippen LogP contribution is 2.33. The van der Waals surface area contributed by atoms with Gasteiger partial charge in [-0.25, -0.2) is 0 Å². The van der Waals surface area contributed by atoms with Crippen LogP contribution in [0.25, 0.3) is 0 Å². The van der Waals surface area contributed by atoms with Crippen LogP contribution in [0.1, 0.15) is 55.1 Å². The summed E-state index contributed by atoms with van der Waals surface area (Å²) in [4.78, 5) is 16.7. The standard InChI is InChI=1S/C15H21NO/c1-3-12-7-4-8-13(10-12)15(17)14-11(2)6-5-9-16-14/h5-6,9,12-13H,3-4,7-8,10H2,1-2H3. The smallest absolute Gasteiger partial charge is 0.184 e. The molecule has 2 unspecified atom stereocenters. The Morgan fingerprint density at radius 3 is 3.00 bits per heavy atom. The van der Waals surface area contributed by atoms with E-state index >= 15 is 0 Å². The molecule has 2 atom stereocenters. The van der Waals surface area contributed by atoms with Gasteiger partial charge in [0.05, 0.1) is 0 Å². The molecule has 0 bridgehead atoms. The van der Waals surface area contributed by atoms with E-state index in [9.17, 15) is 4.79 Å². The molecule has 1 fully saturated rings. The first-order valence-corrected chi connectivity index (χ1v) is 6.68. The van der Waals surface area contributed by atoms with Gasteiger partial charge in [0.25, 0.3) is 0 Å². The van der Waals surface area contributed by atoms with Gasteiger partial charge in [0.1, 0.15) is 5.69 Å². The number of nitrogens with zero attached hydrogens (tertiary/aromatic N) is 1. The minimum atomic E-state index is 0.210. The fourth-order valence-electron chi connectivity index (χ4n) is 2.84. The number of Topliss-reactive ketones (excluding diaryl/α,β-unsaturated/α-hetero) is 1. The Labute approximate surface area is 103 Å². The summed E-state index contributed by atoms with van der Waals surface area (Å²) in [5.41, 5.74) is 1.70. The lowest BCUT2D eigenvalue weighted by Gasteiger charge is -2.27. The van der Waals surface area contributed by atoms with E-state index in [0.29, 0.717) is 5.69 Å². The van der Waals surface area contributed by atoms with Gasteiger partial charge in [0.15, 0.2) is 5.78 Å². The van der Waals surface area contributed by atoms with Gasteiger partial charge in [-0.2, -0.15) is 0 Å². The molecule has 1 aromatic rings. The molecule has 17 heavy (non-hydrogen) atoms. The van der Waals surface area contributed by atoms with Gasteiger partial charge < -0.3 is 0 Å². The molecule has 1 saturated carbocycles. The third-order valence-corrected chi connectivity index (χ3v) is 3.97. The van der Waals surface area contributed by atoms with Crippen LogP contribution in [-0.2, 0) is 0 Å². The zero-order valence-corrected chi connectivity index (χ0v) is 10.8. The molecule has 1 heterocycles. The molecule has 2 nitrogen and oxygen atoms in total. The summed E-state index contributed by atoms with van der Waals surface area (Å²) >= 11 is 0. The maximum absolute atomic E-state index is 12.4. The maximum atomic E-state index is 12.4. The van der Waals surface area contributed by atoms with Crippen molar-refractivity contribution in [1.82, 2.24) is 4.98 Å². The van der Waals surface area contributed by atoms with E-state index in [0.717, 1.165) is 24.3 Å². The number of aromatic nitrogens is 1. The first kappa shape index (κ1) is 12.3. The number of rotatable bonds is 3. The van der Waals surface area contributed by atoms with Crippen LogP contribution in [0.2, 0.25) is 0 Å². The summed E-state index contributed by atoms with van der Waals surface area (Å²) in [7, 11) is 0. The zero-order valence-electron chi connectivity index (χ0n) is 10.8. The monoisotopic (exact) mass is 231 g/mol. The summed E-state index contributed by atoms with van der Waals surface area (Å²) in [6.07, 6.45) is 7.52. The SMILES string of the molecule is CCC1CCCC(C(=O)c2ncccc2C)C1. The largest absolute Gasteiger partial charge is 0.292 e. The highest BCUT2D eigenvalue weighted by molar-refractivity contribution is 5.97. The van der Waals surface area contributed by atoms with Crippen LogP contribution in [0.3, 0.4) is 0 Å². The molecule has 0 saturated heterocycles. The molecule has 1 aliphatic carbocycles. The molecule has 0 amide bonds. The molecule has 2 rings (SSSR count). The summed E-state index contributed by atoms with van der Waals surface area (Å²) < 4.78 is 0. The number of hydrogen-bond acceptors (Lipinski definition) is 2. The molecular weight excluding hydrogens is 210 g/mol. The van der Waals surface area contributed by atoms with Gasteiger partial charge in [0, 0.05) is 12.1 Å². The molecule has 0 N–H and O–H groups in total. The van der Waals surface area contributed by atoms with Crippen LogP contribution in [0.4, 0.5) is 0 Å². The predicted molar refractivity (Wildman–Crippen MR) is 69.0 cm³/mol. The number of carbonyl (C=O) groups excluding carboxylic acids is 1. The molecule has 1 aliphatic rings. The maximum Gasteiger partial charge on any atom is 0.184 e. The molecule has 0 aliphatic heterocycles. The first-order valence-electron chi connectivity index (χ1n) is 6.68. The van der Waals surface area contributed by atoms with E-state index in [1.54, 1.807) is 6.20 Å². The summed E-state index contributed by atoms with van der Waals surface area (Å²) in [5.74, 6) is 1.21. The number of aryl methyl sites for hydroxylation is 1. The molecule has 2 heteroatoms. The summed E-state index contributed by atoms with van der Waals surface area (Å²) in [6, 6.07) is 3.86. The Morgan fingerprint density at radius 2 is 2.29 bits per heavy atom. The number of pyridine rings is 1. The Bertz CT molecular complexity index is 400. The van der Waals surface area contributed by atoms with Crippen LogP contribution in [0, 0.1) is 18.8 Å². The molecule has 92 valence electrons. The first-order chi connectivity index (χ1) is 8.22. The summed E-state index contributed by atoms with van der Waals surface area (Å²) in [5, 5.41) is 0. The lowest BCUT2D eigenvalue weighted by molar-refractivity contribution is 0.0856. The van der Waals surface area contributed by atoms with Gasteiger partial charge in [0.2, 0.25) is 0 Å². The van der Waals surface area contributed by atoms with Crippen molar-refractivity contribution in [3.05, 3.63) is 29.6 Å². The van der Waals surface area contributed by atoms with Crippen LogP contribution in [-0.4, -0.2) is 10.8 Å². The molecular formula is C15H21NO. The Hall–Kier alpha value is -1.18. The quantitative estimate of drug-likeness (QED) is 0.741. The Morgan fingerprint density at radius 1 is 1.47 bits per heavy atom. The second-order valence-corrected chi connectivity index (χ2v) is 5.17. The van der Waals surface area contributed by atoms with E-state index < -0.39 is 0 Å². The molecule has 0 spiro atoms. The number of carbonyl (C=O) groups is 1. The Kier molecular flexibility index (Phi) is 3.93. The van der Waals surface area contributed by atoms with Gasteiger partial charge in [-0.1, -0.05) is 32.3 Å². The van der Waals surface area contributed by atoms with Crippen molar-refractivity contribution < 1.29 is 4.79 Å². The van der Waals surface area contributed by atoms with E-state index in [2.05, 4.69) is 11.9 Å². The summed E-state index contributed by atoms with van der Waals surface area (Å²) in [6.45, 7) is 4.20. The van der Waals surface area contributed by atoms with E-state index in [1.807, 2.05) is 19.1 Å². The average Bonchev–Trinajstić information content (AvgIpc) is 2.38. The normalized spacial score (nSPS) is 24.6. The predicted octanol–water partition coefficient (Wildman–Crippen LogP) is 3.79. The third kappa shape index (κ3) is 2.74. The van der Waals surface area contributed by atoms with Gasteiger partial charge >= 0.3 is 0 Å². The van der Waals surface area contributed by atoms with Crippen molar-refractivity contribution >= 4 is 5.78 Å². The second-order valence-electron chi connectivity index (χ2n) is 5.17. The lowest BCUT2D eigenvalue weighted by atomic mass is 9.77. The minimum Gasteiger partial charge on any atom is -0.292 e. The minimum absolute atomic E-state index is 0.210. The van der Waals surface area contributed by atoms with Crippen molar-refractivity contribution in [3.8, 4) is 0 Å². The van der Waals surface area contributed by atoms with Crippen molar-refractivity contribution in [2.45, 2.75) is 46.0 Å². The number of hydrogen-bond donors (Lipinski definition) is 0. The van der Waals surface area contributed by atoms with Crippen molar-refractivity contribution in [3.63, 3.8) is 0 Å². The van der Waals surface area contributed by atoms with E-state index in [-0.39, 0.29) is 11.7 Å². The highest BCUT2D eigenvalue weighted by atomic mass is 16.1. The second kappa shape index (κ2) is 5.44. The van der Waals surface area contributed by atoms with Gasteiger partial charge in [-0.3, -0.25) is 9.78 Å². The van der Waals surface area contributed by atoms with Crippen LogP contribution >= 0.6 is 0 Å². The van der Waals surface area contributed by atoms with E-state index in [1.165, 1.54) is 19.3 Å². The van der Waals surface area contributed by atoms with E-state index in [4.69, 9.17) is 0 Å². The molecule has 0 aromatic carbocycles. The molecule has 0 radical (unpaired) electrons. The van der Waals surface area contributed by atoms with Gasteiger partial charge in [-0.15, -0.1) is 0 Å². The fourth-order valence-corrected chi connectivity index (χ4v) is 2.84. The fraction of sp³-hybridized carbons (Fsp3) is 0.600. The lowest BCUT2D eigenvalue weighted by Crippen LogP contribution is -2.24. The number of ketones is 1. The third-order valence-electron chi connectivity index (χ3n) is 3.97. The van der Waals surface area contributed by atoms with Crippen molar-refractivity contribution in [2.75, 3.05) is 0 Å². The van der Waals surface area contributed by atoms with Crippen LogP contribution < -0.4 is 0 Å². The topological polar surface area (TPSA) is 30.0 Å². The van der Waals surface area contributed by atoms with Crippen molar-refractivity contribution in [2.24, 2.45) is 11.8 Å². The molecule has 1 aromatic heterocycles.